The summed E-state index contributed by atoms with van der Waals surface area (Å²) in [5, 5.41) is 14.6. The van der Waals surface area contributed by atoms with Gasteiger partial charge in [-0.3, -0.25) is 18.8 Å². The molecule has 1 aliphatic rings. The predicted molar refractivity (Wildman–Crippen MR) is 150 cm³/mol. The van der Waals surface area contributed by atoms with Crippen LogP contribution < -0.4 is 10.9 Å². The van der Waals surface area contributed by atoms with Crippen LogP contribution in [0.15, 0.2) is 58.3 Å². The van der Waals surface area contributed by atoms with Crippen molar-refractivity contribution < 1.29 is 4.79 Å². The average molecular weight is 535 g/mol. The molecule has 1 atom stereocenters. The fraction of sp³-hybridized carbons (Fsp3) is 0.333. The number of thioether (sulfide) groups is 1. The summed E-state index contributed by atoms with van der Waals surface area (Å²) in [6.45, 7) is 8.57. The lowest BCUT2D eigenvalue weighted by atomic mass is 9.88. The van der Waals surface area contributed by atoms with E-state index in [4.69, 9.17) is 0 Å². The van der Waals surface area contributed by atoms with E-state index >= 15 is 0 Å². The van der Waals surface area contributed by atoms with Gasteiger partial charge >= 0.3 is 0 Å². The molecule has 0 fully saturated rings. The molecule has 5 rings (SSSR count). The second-order valence-electron chi connectivity index (χ2n) is 9.38. The molecule has 1 N–H and O–H groups in total. The van der Waals surface area contributed by atoms with Gasteiger partial charge in [-0.05, 0) is 49.8 Å². The van der Waals surface area contributed by atoms with Crippen molar-refractivity contribution in [1.29, 1.82) is 0 Å². The molecule has 8 nitrogen and oxygen atoms in total. The number of amides is 1. The summed E-state index contributed by atoms with van der Waals surface area (Å²) in [6.07, 6.45) is 5.16. The molecular formula is C27H30N6O2S2. The molecular weight excluding hydrogens is 504 g/mol. The topological polar surface area (TPSA) is 86.7 Å². The van der Waals surface area contributed by atoms with Gasteiger partial charge in [-0.15, -0.1) is 28.1 Å². The molecule has 0 saturated carbocycles. The summed E-state index contributed by atoms with van der Waals surface area (Å²) in [4.78, 5) is 27.5. The third-order valence-corrected chi connectivity index (χ3v) is 8.84. The highest BCUT2D eigenvalue weighted by Gasteiger charge is 2.25. The lowest BCUT2D eigenvalue weighted by Crippen LogP contribution is -2.23. The van der Waals surface area contributed by atoms with Gasteiger partial charge in [0.15, 0.2) is 11.0 Å². The zero-order chi connectivity index (χ0) is 26.1. The fourth-order valence-corrected chi connectivity index (χ4v) is 6.76. The van der Waals surface area contributed by atoms with E-state index in [1.54, 1.807) is 27.7 Å². The van der Waals surface area contributed by atoms with Gasteiger partial charge in [0.25, 0.3) is 5.56 Å². The molecule has 10 heteroatoms. The maximum absolute atomic E-state index is 13.1. The number of carbonyl (C=O) groups excluding carboxylic acids is 1. The number of benzene rings is 1. The second-order valence-corrected chi connectivity index (χ2v) is 11.3. The van der Waals surface area contributed by atoms with Crippen LogP contribution in [0.4, 0.5) is 5.69 Å². The standard InChI is InChI=1S/C27H30N6O2S2/c1-5-13-32-25(21-15-36-22-14-17(2)11-12-20(21)22)29-30-27(32)37-16-23(34)28-24-18(3)31(4)33(26(24)35)19-9-7-6-8-10-19/h5-10,15,17H,1,11-14,16H2,2-4H3,(H,28,34). The van der Waals surface area contributed by atoms with Crippen LogP contribution in [0, 0.1) is 12.8 Å². The first-order valence-electron chi connectivity index (χ1n) is 12.3. The van der Waals surface area contributed by atoms with E-state index in [1.165, 1.54) is 28.6 Å². The van der Waals surface area contributed by atoms with E-state index in [0.717, 1.165) is 29.9 Å². The van der Waals surface area contributed by atoms with Crippen molar-refractivity contribution in [3.05, 3.63) is 74.9 Å². The van der Waals surface area contributed by atoms with E-state index in [0.29, 0.717) is 23.3 Å². The number of aromatic nitrogens is 5. The Labute approximate surface area is 224 Å². The molecule has 3 heterocycles. The Hall–Kier alpha value is -3.37. The number of allylic oxidation sites excluding steroid dienone is 1. The smallest absolute Gasteiger partial charge is 0.295 e. The first-order valence-corrected chi connectivity index (χ1v) is 14.2. The normalized spacial score (nSPS) is 14.9. The van der Waals surface area contributed by atoms with Gasteiger partial charge < -0.3 is 5.32 Å². The number of carbonyl (C=O) groups is 1. The van der Waals surface area contributed by atoms with Crippen molar-refractivity contribution >= 4 is 34.7 Å². The molecule has 0 bridgehead atoms. The molecule has 1 unspecified atom stereocenters. The monoisotopic (exact) mass is 534 g/mol. The van der Waals surface area contributed by atoms with Gasteiger partial charge in [-0.25, -0.2) is 4.68 Å². The summed E-state index contributed by atoms with van der Waals surface area (Å²) >= 11 is 3.11. The Morgan fingerprint density at radius 1 is 1.30 bits per heavy atom. The van der Waals surface area contributed by atoms with Crippen LogP contribution in [-0.4, -0.2) is 35.8 Å². The average Bonchev–Trinajstić information content (AvgIpc) is 3.54. The van der Waals surface area contributed by atoms with Crippen LogP contribution in [0.25, 0.3) is 17.1 Å². The van der Waals surface area contributed by atoms with Gasteiger partial charge in [0.1, 0.15) is 5.69 Å². The molecule has 1 amide bonds. The highest BCUT2D eigenvalue weighted by atomic mass is 32.2. The number of anilines is 1. The number of hydrogen-bond acceptors (Lipinski definition) is 6. The number of thiophene rings is 1. The minimum absolute atomic E-state index is 0.105. The Balaban J connectivity index is 1.34. The first kappa shape index (κ1) is 25.3. The summed E-state index contributed by atoms with van der Waals surface area (Å²) < 4.78 is 5.31. The Morgan fingerprint density at radius 2 is 2.08 bits per heavy atom. The molecule has 1 aliphatic carbocycles. The molecule has 1 aromatic carbocycles. The fourth-order valence-electron chi connectivity index (χ4n) is 4.77. The van der Waals surface area contributed by atoms with Gasteiger partial charge in [-0.2, -0.15) is 0 Å². The van der Waals surface area contributed by atoms with Crippen molar-refractivity contribution in [2.24, 2.45) is 13.0 Å². The van der Waals surface area contributed by atoms with Gasteiger partial charge in [-0.1, -0.05) is 43.0 Å². The van der Waals surface area contributed by atoms with E-state index < -0.39 is 0 Å². The number of para-hydroxylation sites is 1. The summed E-state index contributed by atoms with van der Waals surface area (Å²) in [5.74, 6) is 1.36. The van der Waals surface area contributed by atoms with E-state index in [1.807, 2.05) is 47.9 Å². The van der Waals surface area contributed by atoms with Crippen molar-refractivity contribution in [3.63, 3.8) is 0 Å². The minimum atomic E-state index is -0.271. The van der Waals surface area contributed by atoms with E-state index in [2.05, 4.69) is 34.4 Å². The molecule has 192 valence electrons. The highest BCUT2D eigenvalue weighted by molar-refractivity contribution is 7.99. The minimum Gasteiger partial charge on any atom is -0.319 e. The lowest BCUT2D eigenvalue weighted by Gasteiger charge is -2.19. The van der Waals surface area contributed by atoms with E-state index in [9.17, 15) is 9.59 Å². The summed E-state index contributed by atoms with van der Waals surface area (Å²) in [7, 11) is 1.80. The highest BCUT2D eigenvalue weighted by Crippen LogP contribution is 2.38. The largest absolute Gasteiger partial charge is 0.319 e. The SMILES string of the molecule is C=CCn1c(SCC(=O)Nc2c(C)n(C)n(-c3ccccc3)c2=O)nnc1-c1csc2c1CCC(C)C2. The van der Waals surface area contributed by atoms with Crippen molar-refractivity contribution in [1.82, 2.24) is 24.1 Å². The second kappa shape index (κ2) is 10.5. The lowest BCUT2D eigenvalue weighted by molar-refractivity contribution is -0.113. The van der Waals surface area contributed by atoms with Crippen LogP contribution in [-0.2, 0) is 31.2 Å². The first-order chi connectivity index (χ1) is 17.9. The third kappa shape index (κ3) is 4.83. The van der Waals surface area contributed by atoms with Crippen molar-refractivity contribution in [2.75, 3.05) is 11.1 Å². The molecule has 3 aromatic heterocycles. The Bertz CT molecular complexity index is 1510. The van der Waals surface area contributed by atoms with Gasteiger partial charge in [0.05, 0.1) is 17.1 Å². The maximum atomic E-state index is 13.1. The quantitative estimate of drug-likeness (QED) is 0.258. The molecule has 0 aliphatic heterocycles. The van der Waals surface area contributed by atoms with Crippen LogP contribution in [0.5, 0.6) is 0 Å². The molecule has 0 radical (unpaired) electrons. The summed E-state index contributed by atoms with van der Waals surface area (Å²) in [6, 6.07) is 9.36. The van der Waals surface area contributed by atoms with Gasteiger partial charge in [0, 0.05) is 29.4 Å². The molecule has 0 spiro atoms. The van der Waals surface area contributed by atoms with E-state index in [-0.39, 0.29) is 22.9 Å². The van der Waals surface area contributed by atoms with Crippen LogP contribution in [0.1, 0.15) is 29.5 Å². The maximum Gasteiger partial charge on any atom is 0.295 e. The zero-order valence-electron chi connectivity index (χ0n) is 21.2. The predicted octanol–water partition coefficient (Wildman–Crippen LogP) is 4.85. The van der Waals surface area contributed by atoms with Crippen LogP contribution in [0.2, 0.25) is 0 Å². The number of hydrogen-bond donors (Lipinski definition) is 1. The summed E-state index contributed by atoms with van der Waals surface area (Å²) in [5.41, 5.74) is 3.95. The Morgan fingerprint density at radius 3 is 2.84 bits per heavy atom. The van der Waals surface area contributed by atoms with Crippen molar-refractivity contribution in [2.45, 2.75) is 44.8 Å². The Kier molecular flexibility index (Phi) is 7.21. The molecule has 0 saturated heterocycles. The third-order valence-electron chi connectivity index (χ3n) is 6.82. The van der Waals surface area contributed by atoms with Gasteiger partial charge in [0.2, 0.25) is 5.91 Å². The number of nitrogens with zero attached hydrogens (tertiary/aromatic N) is 5. The zero-order valence-corrected chi connectivity index (χ0v) is 22.9. The van der Waals surface area contributed by atoms with Crippen LogP contribution >= 0.6 is 23.1 Å². The van der Waals surface area contributed by atoms with Crippen molar-refractivity contribution in [3.8, 4) is 17.1 Å². The molecule has 37 heavy (non-hydrogen) atoms. The number of rotatable bonds is 8. The number of nitrogens with one attached hydrogen (secondary N) is 1. The van der Waals surface area contributed by atoms with Crippen LogP contribution in [0.3, 0.4) is 0 Å². The number of fused-ring (bicyclic) bond motifs is 1. The molecule has 4 aromatic rings.